The van der Waals surface area contributed by atoms with Gasteiger partial charge in [0.2, 0.25) is 5.91 Å². The summed E-state index contributed by atoms with van der Waals surface area (Å²) < 4.78 is 5.18. The monoisotopic (exact) mass is 292 g/mol. The van der Waals surface area contributed by atoms with E-state index >= 15 is 0 Å². The lowest BCUT2D eigenvalue weighted by Crippen LogP contribution is -2.32. The average Bonchev–Trinajstić information content (AvgIpc) is 2.41. The molecule has 1 aromatic carbocycles. The number of hydrogen-bond donors (Lipinski definition) is 2. The number of carbonyl (C=O) groups is 2. The molecule has 0 radical (unpaired) electrons. The van der Waals surface area contributed by atoms with Gasteiger partial charge in [0.1, 0.15) is 5.60 Å². The topological polar surface area (TPSA) is 67.4 Å². The fraction of sp³-hybridized carbons (Fsp3) is 0.500. The van der Waals surface area contributed by atoms with Crippen molar-refractivity contribution in [3.05, 3.63) is 35.4 Å². The molecule has 5 heteroatoms. The van der Waals surface area contributed by atoms with Crippen molar-refractivity contribution in [2.45, 2.75) is 52.8 Å². The summed E-state index contributed by atoms with van der Waals surface area (Å²) in [5.74, 6) is 0.0206. The van der Waals surface area contributed by atoms with E-state index in [1.165, 1.54) is 0 Å². The molecule has 2 amide bonds. The average molecular weight is 292 g/mol. The number of rotatable bonds is 5. The van der Waals surface area contributed by atoms with Crippen molar-refractivity contribution >= 4 is 12.0 Å². The smallest absolute Gasteiger partial charge is 0.407 e. The standard InChI is InChI=1S/C16H24N2O3/c1-5-14(19)17-10-12-7-6-8-13(9-12)11-18-15(20)21-16(2,3)4/h6-9H,5,10-11H2,1-4H3,(H,17,19)(H,18,20). The summed E-state index contributed by atoms with van der Waals surface area (Å²) in [6, 6.07) is 7.71. The van der Waals surface area contributed by atoms with Gasteiger partial charge in [0.15, 0.2) is 0 Å². The molecule has 1 rings (SSSR count). The highest BCUT2D eigenvalue weighted by atomic mass is 16.6. The molecule has 0 aromatic heterocycles. The number of alkyl carbamates (subject to hydrolysis) is 1. The molecule has 0 unspecified atom stereocenters. The summed E-state index contributed by atoms with van der Waals surface area (Å²) in [6.07, 6.45) is 0.0343. The summed E-state index contributed by atoms with van der Waals surface area (Å²) in [7, 11) is 0. The first-order valence-electron chi connectivity index (χ1n) is 7.11. The Morgan fingerprint density at radius 3 is 2.19 bits per heavy atom. The van der Waals surface area contributed by atoms with E-state index in [2.05, 4.69) is 10.6 Å². The molecule has 1 aromatic rings. The maximum Gasteiger partial charge on any atom is 0.407 e. The highest BCUT2D eigenvalue weighted by molar-refractivity contribution is 5.75. The fourth-order valence-electron chi connectivity index (χ4n) is 1.66. The second-order valence-electron chi connectivity index (χ2n) is 5.81. The number of nitrogens with one attached hydrogen (secondary N) is 2. The molecule has 0 saturated heterocycles. The van der Waals surface area contributed by atoms with Gasteiger partial charge in [-0.2, -0.15) is 0 Å². The van der Waals surface area contributed by atoms with Crippen LogP contribution in [-0.2, 0) is 22.6 Å². The number of ether oxygens (including phenoxy) is 1. The van der Waals surface area contributed by atoms with E-state index in [-0.39, 0.29) is 5.91 Å². The van der Waals surface area contributed by atoms with Crippen LogP contribution in [0.3, 0.4) is 0 Å². The molecule has 0 heterocycles. The van der Waals surface area contributed by atoms with E-state index in [9.17, 15) is 9.59 Å². The molecule has 21 heavy (non-hydrogen) atoms. The third kappa shape index (κ3) is 7.34. The summed E-state index contributed by atoms with van der Waals surface area (Å²) in [6.45, 7) is 8.17. The second-order valence-corrected chi connectivity index (χ2v) is 5.81. The number of hydrogen-bond acceptors (Lipinski definition) is 3. The zero-order valence-electron chi connectivity index (χ0n) is 13.2. The predicted octanol–water partition coefficient (Wildman–Crippen LogP) is 2.74. The Kier molecular flexibility index (Phi) is 6.21. The van der Waals surface area contributed by atoms with Crippen molar-refractivity contribution in [3.8, 4) is 0 Å². The molecule has 0 aliphatic carbocycles. The molecule has 0 spiro atoms. The fourth-order valence-corrected chi connectivity index (χ4v) is 1.66. The van der Waals surface area contributed by atoms with Crippen LogP contribution in [-0.4, -0.2) is 17.6 Å². The first-order valence-corrected chi connectivity index (χ1v) is 7.11. The molecule has 0 aliphatic heterocycles. The van der Waals surface area contributed by atoms with Gasteiger partial charge in [-0.25, -0.2) is 4.79 Å². The molecule has 0 saturated carbocycles. The van der Waals surface area contributed by atoms with E-state index in [1.807, 2.05) is 52.0 Å². The Morgan fingerprint density at radius 1 is 1.10 bits per heavy atom. The van der Waals surface area contributed by atoms with Crippen molar-refractivity contribution in [1.29, 1.82) is 0 Å². The number of amides is 2. The van der Waals surface area contributed by atoms with Gasteiger partial charge in [-0.3, -0.25) is 4.79 Å². The normalized spacial score (nSPS) is 10.9. The Bertz CT molecular complexity index is 493. The van der Waals surface area contributed by atoms with Crippen LogP contribution in [0.15, 0.2) is 24.3 Å². The minimum atomic E-state index is -0.504. The first-order chi connectivity index (χ1) is 9.80. The third-order valence-corrected chi connectivity index (χ3v) is 2.64. The Hall–Kier alpha value is -2.04. The van der Waals surface area contributed by atoms with Crippen molar-refractivity contribution in [2.75, 3.05) is 0 Å². The van der Waals surface area contributed by atoms with E-state index in [1.54, 1.807) is 0 Å². The number of carbonyl (C=O) groups excluding carboxylic acids is 2. The van der Waals surface area contributed by atoms with E-state index < -0.39 is 11.7 Å². The quantitative estimate of drug-likeness (QED) is 0.877. The molecule has 2 N–H and O–H groups in total. The summed E-state index contributed by atoms with van der Waals surface area (Å²) >= 11 is 0. The van der Waals surface area contributed by atoms with Gasteiger partial charge >= 0.3 is 6.09 Å². The molecule has 0 aliphatic rings. The molecule has 0 bridgehead atoms. The van der Waals surface area contributed by atoms with Gasteiger partial charge < -0.3 is 15.4 Å². The zero-order valence-corrected chi connectivity index (χ0v) is 13.2. The molecule has 116 valence electrons. The van der Waals surface area contributed by atoms with Crippen molar-refractivity contribution < 1.29 is 14.3 Å². The lowest BCUT2D eigenvalue weighted by atomic mass is 10.1. The third-order valence-electron chi connectivity index (χ3n) is 2.64. The van der Waals surface area contributed by atoms with Gasteiger partial charge in [-0.05, 0) is 31.9 Å². The van der Waals surface area contributed by atoms with Gasteiger partial charge in [-0.15, -0.1) is 0 Å². The molecule has 0 atom stereocenters. The SMILES string of the molecule is CCC(=O)NCc1cccc(CNC(=O)OC(C)(C)C)c1. The van der Waals surface area contributed by atoms with Crippen LogP contribution >= 0.6 is 0 Å². The molecular weight excluding hydrogens is 268 g/mol. The van der Waals surface area contributed by atoms with Crippen molar-refractivity contribution in [1.82, 2.24) is 10.6 Å². The van der Waals surface area contributed by atoms with Gasteiger partial charge in [0, 0.05) is 19.5 Å². The second kappa shape index (κ2) is 7.67. The van der Waals surface area contributed by atoms with Crippen molar-refractivity contribution in [3.63, 3.8) is 0 Å². The first kappa shape index (κ1) is 17.0. The molecule has 0 fully saturated rings. The van der Waals surface area contributed by atoms with Crippen LogP contribution < -0.4 is 10.6 Å². The van der Waals surface area contributed by atoms with Gasteiger partial charge in [0.25, 0.3) is 0 Å². The van der Waals surface area contributed by atoms with Gasteiger partial charge in [-0.1, -0.05) is 31.2 Å². The lowest BCUT2D eigenvalue weighted by Gasteiger charge is -2.19. The Morgan fingerprint density at radius 2 is 1.67 bits per heavy atom. The highest BCUT2D eigenvalue weighted by Gasteiger charge is 2.15. The van der Waals surface area contributed by atoms with Crippen LogP contribution in [0, 0.1) is 0 Å². The Labute approximate surface area is 126 Å². The van der Waals surface area contributed by atoms with E-state index in [4.69, 9.17) is 4.74 Å². The molecular formula is C16H24N2O3. The maximum absolute atomic E-state index is 11.6. The predicted molar refractivity (Wildman–Crippen MR) is 81.7 cm³/mol. The van der Waals surface area contributed by atoms with Crippen molar-refractivity contribution in [2.24, 2.45) is 0 Å². The summed E-state index contributed by atoms with van der Waals surface area (Å²) in [5.41, 5.74) is 1.46. The lowest BCUT2D eigenvalue weighted by molar-refractivity contribution is -0.120. The van der Waals surface area contributed by atoms with Gasteiger partial charge in [0.05, 0.1) is 0 Å². The molecule has 5 nitrogen and oxygen atoms in total. The van der Waals surface area contributed by atoms with Crippen LogP contribution in [0.2, 0.25) is 0 Å². The largest absolute Gasteiger partial charge is 0.444 e. The summed E-state index contributed by atoms with van der Waals surface area (Å²) in [4.78, 5) is 22.8. The van der Waals surface area contributed by atoms with Crippen LogP contribution in [0.5, 0.6) is 0 Å². The summed E-state index contributed by atoms with van der Waals surface area (Å²) in [5, 5.41) is 5.53. The van der Waals surface area contributed by atoms with E-state index in [0.717, 1.165) is 11.1 Å². The Balaban J connectivity index is 2.49. The minimum absolute atomic E-state index is 0.0206. The van der Waals surface area contributed by atoms with Crippen LogP contribution in [0.1, 0.15) is 45.2 Å². The minimum Gasteiger partial charge on any atom is -0.444 e. The number of benzene rings is 1. The van der Waals surface area contributed by atoms with Crippen LogP contribution in [0.4, 0.5) is 4.79 Å². The maximum atomic E-state index is 11.6. The van der Waals surface area contributed by atoms with E-state index in [0.29, 0.717) is 19.5 Å². The zero-order chi connectivity index (χ0) is 15.9. The van der Waals surface area contributed by atoms with Crippen LogP contribution in [0.25, 0.3) is 0 Å². The highest BCUT2D eigenvalue weighted by Crippen LogP contribution is 2.08.